The fraction of sp³-hybridized carbons (Fsp3) is 0.421. The second kappa shape index (κ2) is 6.70. The van der Waals surface area contributed by atoms with Crippen molar-refractivity contribution in [2.24, 2.45) is 7.05 Å². The lowest BCUT2D eigenvalue weighted by atomic mass is 10.2. The van der Waals surface area contributed by atoms with Gasteiger partial charge in [-0.15, -0.1) is 0 Å². The fourth-order valence-electron chi connectivity index (χ4n) is 3.12. The highest BCUT2D eigenvalue weighted by molar-refractivity contribution is 6.05. The molecular formula is C19H25N5O. The van der Waals surface area contributed by atoms with Gasteiger partial charge in [0, 0.05) is 30.9 Å². The van der Waals surface area contributed by atoms with Crippen LogP contribution in [-0.4, -0.2) is 25.2 Å². The second-order valence-electron chi connectivity index (χ2n) is 6.71. The maximum absolute atomic E-state index is 12.6. The van der Waals surface area contributed by atoms with Gasteiger partial charge < -0.3 is 9.88 Å². The Balaban J connectivity index is 1.86. The van der Waals surface area contributed by atoms with E-state index in [9.17, 15) is 4.79 Å². The van der Waals surface area contributed by atoms with Crippen LogP contribution in [0.25, 0.3) is 11.0 Å². The summed E-state index contributed by atoms with van der Waals surface area (Å²) in [6.45, 7) is 9.08. The molecule has 2 aromatic heterocycles. The van der Waals surface area contributed by atoms with Crippen molar-refractivity contribution in [3.05, 3.63) is 41.5 Å². The topological polar surface area (TPSA) is 64.7 Å². The number of aryl methyl sites for hydroxylation is 2. The van der Waals surface area contributed by atoms with Gasteiger partial charge in [0.1, 0.15) is 5.82 Å². The summed E-state index contributed by atoms with van der Waals surface area (Å²) < 4.78 is 3.97. The minimum atomic E-state index is -0.140. The fourth-order valence-corrected chi connectivity index (χ4v) is 3.12. The number of carbonyl (C=O) groups excluding carboxylic acids is 1. The number of amides is 1. The molecule has 0 aliphatic heterocycles. The molecule has 3 rings (SSSR count). The van der Waals surface area contributed by atoms with E-state index in [0.717, 1.165) is 41.2 Å². The van der Waals surface area contributed by atoms with Crippen molar-refractivity contribution in [2.75, 3.05) is 5.32 Å². The SMILES string of the molecule is CCCn1ncc(C(=O)Nc2ccc3c(c2)nc(C(C)C)n3C)c1C. The Hall–Kier alpha value is -2.63. The van der Waals surface area contributed by atoms with Gasteiger partial charge in [0.15, 0.2) is 0 Å². The lowest BCUT2D eigenvalue weighted by molar-refractivity contribution is 0.102. The van der Waals surface area contributed by atoms with E-state index in [4.69, 9.17) is 4.98 Å². The van der Waals surface area contributed by atoms with Gasteiger partial charge in [0.25, 0.3) is 5.91 Å². The van der Waals surface area contributed by atoms with Crippen molar-refractivity contribution < 1.29 is 4.79 Å². The van der Waals surface area contributed by atoms with Crippen LogP contribution in [0.2, 0.25) is 0 Å². The lowest BCUT2D eigenvalue weighted by Crippen LogP contribution is -2.13. The molecule has 0 fully saturated rings. The van der Waals surface area contributed by atoms with Gasteiger partial charge in [0.05, 0.1) is 22.8 Å². The first-order valence-electron chi connectivity index (χ1n) is 8.72. The summed E-state index contributed by atoms with van der Waals surface area (Å²) in [7, 11) is 2.02. The number of nitrogens with one attached hydrogen (secondary N) is 1. The van der Waals surface area contributed by atoms with Gasteiger partial charge >= 0.3 is 0 Å². The highest BCUT2D eigenvalue weighted by Crippen LogP contribution is 2.23. The Morgan fingerprint density at radius 2 is 2.08 bits per heavy atom. The largest absolute Gasteiger partial charge is 0.331 e. The minimum Gasteiger partial charge on any atom is -0.331 e. The van der Waals surface area contributed by atoms with Crippen LogP contribution in [-0.2, 0) is 13.6 Å². The molecule has 0 saturated carbocycles. The van der Waals surface area contributed by atoms with E-state index in [2.05, 4.69) is 35.8 Å². The predicted octanol–water partition coefficient (Wildman–Crippen LogP) is 3.86. The number of benzene rings is 1. The van der Waals surface area contributed by atoms with E-state index in [1.54, 1.807) is 6.20 Å². The van der Waals surface area contributed by atoms with Crippen LogP contribution >= 0.6 is 0 Å². The number of rotatable bonds is 5. The molecule has 0 atom stereocenters. The highest BCUT2D eigenvalue weighted by atomic mass is 16.1. The lowest BCUT2D eigenvalue weighted by Gasteiger charge is -2.06. The van der Waals surface area contributed by atoms with Gasteiger partial charge in [-0.25, -0.2) is 4.98 Å². The molecule has 6 nitrogen and oxygen atoms in total. The average Bonchev–Trinajstić information content (AvgIpc) is 3.09. The molecule has 6 heteroatoms. The Labute approximate surface area is 147 Å². The first kappa shape index (κ1) is 17.2. The van der Waals surface area contributed by atoms with E-state index in [1.807, 2.05) is 36.9 Å². The summed E-state index contributed by atoms with van der Waals surface area (Å²) in [5, 5.41) is 7.26. The first-order chi connectivity index (χ1) is 11.9. The maximum atomic E-state index is 12.6. The number of nitrogens with zero attached hydrogens (tertiary/aromatic N) is 4. The van der Waals surface area contributed by atoms with E-state index in [-0.39, 0.29) is 5.91 Å². The molecule has 0 aliphatic carbocycles. The summed E-state index contributed by atoms with van der Waals surface area (Å²) >= 11 is 0. The quantitative estimate of drug-likeness (QED) is 0.767. The van der Waals surface area contributed by atoms with Gasteiger partial charge in [0.2, 0.25) is 0 Å². The predicted molar refractivity (Wildman–Crippen MR) is 100 cm³/mol. The van der Waals surface area contributed by atoms with Gasteiger partial charge in [-0.1, -0.05) is 20.8 Å². The third kappa shape index (κ3) is 3.16. The molecule has 1 amide bonds. The Morgan fingerprint density at radius 3 is 2.76 bits per heavy atom. The van der Waals surface area contributed by atoms with Crippen LogP contribution in [0.1, 0.15) is 55.0 Å². The molecule has 132 valence electrons. The zero-order valence-electron chi connectivity index (χ0n) is 15.5. The number of aromatic nitrogens is 4. The van der Waals surface area contributed by atoms with Crippen LogP contribution in [0.15, 0.2) is 24.4 Å². The number of hydrogen-bond acceptors (Lipinski definition) is 3. The molecular weight excluding hydrogens is 314 g/mol. The van der Waals surface area contributed by atoms with E-state index >= 15 is 0 Å². The minimum absolute atomic E-state index is 0.140. The Bertz CT molecular complexity index is 919. The van der Waals surface area contributed by atoms with Crippen LogP contribution < -0.4 is 5.32 Å². The van der Waals surface area contributed by atoms with Crippen molar-refractivity contribution in [3.63, 3.8) is 0 Å². The maximum Gasteiger partial charge on any atom is 0.259 e. The number of hydrogen-bond donors (Lipinski definition) is 1. The van der Waals surface area contributed by atoms with Crippen molar-refractivity contribution >= 4 is 22.6 Å². The molecule has 1 aromatic carbocycles. The van der Waals surface area contributed by atoms with Crippen molar-refractivity contribution in [2.45, 2.75) is 46.6 Å². The monoisotopic (exact) mass is 339 g/mol. The molecule has 0 saturated heterocycles. The van der Waals surface area contributed by atoms with E-state index in [1.165, 1.54) is 0 Å². The Morgan fingerprint density at radius 1 is 1.32 bits per heavy atom. The Kier molecular flexibility index (Phi) is 4.61. The number of anilines is 1. The standard InChI is InChI=1S/C19H25N5O/c1-6-9-24-13(4)15(11-20-24)19(25)21-14-7-8-17-16(10-14)22-18(12(2)3)23(17)5/h7-8,10-12H,6,9H2,1-5H3,(H,21,25). The molecule has 0 aliphatic rings. The van der Waals surface area contributed by atoms with Gasteiger partial charge in [-0.3, -0.25) is 9.48 Å². The third-order valence-electron chi connectivity index (χ3n) is 4.47. The summed E-state index contributed by atoms with van der Waals surface area (Å²) in [6, 6.07) is 5.83. The molecule has 1 N–H and O–H groups in total. The van der Waals surface area contributed by atoms with Crippen LogP contribution in [0, 0.1) is 6.92 Å². The van der Waals surface area contributed by atoms with Crippen molar-refractivity contribution in [3.8, 4) is 0 Å². The third-order valence-corrected chi connectivity index (χ3v) is 4.47. The molecule has 0 unspecified atom stereocenters. The zero-order valence-corrected chi connectivity index (χ0v) is 15.5. The van der Waals surface area contributed by atoms with Crippen molar-refractivity contribution in [1.29, 1.82) is 0 Å². The highest BCUT2D eigenvalue weighted by Gasteiger charge is 2.15. The number of carbonyl (C=O) groups is 1. The van der Waals surface area contributed by atoms with Crippen LogP contribution in [0.4, 0.5) is 5.69 Å². The van der Waals surface area contributed by atoms with Crippen molar-refractivity contribution in [1.82, 2.24) is 19.3 Å². The summed E-state index contributed by atoms with van der Waals surface area (Å²) in [4.78, 5) is 17.3. The number of imidazole rings is 1. The van der Waals surface area contributed by atoms with Gasteiger partial charge in [-0.2, -0.15) is 5.10 Å². The average molecular weight is 339 g/mol. The molecule has 3 aromatic rings. The van der Waals surface area contributed by atoms with Gasteiger partial charge in [-0.05, 0) is 31.5 Å². The van der Waals surface area contributed by atoms with Crippen LogP contribution in [0.5, 0.6) is 0 Å². The van der Waals surface area contributed by atoms with E-state index < -0.39 is 0 Å². The zero-order chi connectivity index (χ0) is 18.1. The van der Waals surface area contributed by atoms with Crippen LogP contribution in [0.3, 0.4) is 0 Å². The summed E-state index contributed by atoms with van der Waals surface area (Å²) in [5.74, 6) is 1.25. The molecule has 0 bridgehead atoms. The number of fused-ring (bicyclic) bond motifs is 1. The molecule has 0 radical (unpaired) electrons. The molecule has 2 heterocycles. The first-order valence-corrected chi connectivity index (χ1v) is 8.72. The normalized spacial score (nSPS) is 11.4. The smallest absolute Gasteiger partial charge is 0.259 e. The molecule has 25 heavy (non-hydrogen) atoms. The summed E-state index contributed by atoms with van der Waals surface area (Å²) in [5.41, 5.74) is 4.20. The summed E-state index contributed by atoms with van der Waals surface area (Å²) in [6.07, 6.45) is 2.62. The molecule has 0 spiro atoms. The second-order valence-corrected chi connectivity index (χ2v) is 6.71. The van der Waals surface area contributed by atoms with E-state index in [0.29, 0.717) is 11.5 Å².